The van der Waals surface area contributed by atoms with Crippen molar-refractivity contribution in [2.45, 2.75) is 19.1 Å². The van der Waals surface area contributed by atoms with Crippen molar-refractivity contribution >= 4 is 27.5 Å². The van der Waals surface area contributed by atoms with Gasteiger partial charge in [-0.25, -0.2) is 4.79 Å². The highest BCUT2D eigenvalue weighted by Crippen LogP contribution is 2.29. The maximum atomic E-state index is 11.6. The zero-order chi connectivity index (χ0) is 14.9. The number of ether oxygens (including phenoxy) is 2. The highest BCUT2D eigenvalue weighted by molar-refractivity contribution is 6.02. The Hall–Kier alpha value is -2.39. The van der Waals surface area contributed by atoms with Crippen molar-refractivity contribution in [2.24, 2.45) is 0 Å². The lowest BCUT2D eigenvalue weighted by atomic mass is 9.97. The number of rotatable bonds is 3. The molecule has 1 saturated heterocycles. The fourth-order valence-electron chi connectivity index (χ4n) is 3.08. The van der Waals surface area contributed by atoms with E-state index in [0.29, 0.717) is 19.6 Å². The third-order valence-electron chi connectivity index (χ3n) is 4.20. The molecule has 0 spiro atoms. The molecule has 3 nitrogen and oxygen atoms in total. The van der Waals surface area contributed by atoms with Crippen molar-refractivity contribution < 1.29 is 14.3 Å². The number of benzene rings is 3. The molecule has 0 saturated carbocycles. The topological polar surface area (TPSA) is 35.5 Å². The monoisotopic (exact) mass is 292 g/mol. The van der Waals surface area contributed by atoms with Crippen LogP contribution in [0.2, 0.25) is 0 Å². The van der Waals surface area contributed by atoms with Gasteiger partial charge in [0, 0.05) is 6.42 Å². The minimum Gasteiger partial charge on any atom is -0.464 e. The van der Waals surface area contributed by atoms with Crippen LogP contribution >= 0.6 is 0 Å². The second-order valence-corrected chi connectivity index (χ2v) is 5.55. The van der Waals surface area contributed by atoms with Gasteiger partial charge in [-0.15, -0.1) is 0 Å². The molecule has 110 valence electrons. The Morgan fingerprint density at radius 2 is 1.64 bits per heavy atom. The minimum absolute atomic E-state index is 0.246. The third-order valence-corrected chi connectivity index (χ3v) is 4.20. The van der Waals surface area contributed by atoms with Gasteiger partial charge in [-0.05, 0) is 33.2 Å². The average Bonchev–Trinajstić information content (AvgIpc) is 2.96. The van der Waals surface area contributed by atoms with Crippen LogP contribution in [0.3, 0.4) is 0 Å². The average molecular weight is 292 g/mol. The van der Waals surface area contributed by atoms with E-state index in [4.69, 9.17) is 9.47 Å². The molecule has 0 bridgehead atoms. The van der Waals surface area contributed by atoms with Gasteiger partial charge in [0.25, 0.3) is 0 Å². The summed E-state index contributed by atoms with van der Waals surface area (Å²) in [4.78, 5) is 11.6. The van der Waals surface area contributed by atoms with Crippen LogP contribution in [0.5, 0.6) is 0 Å². The molecule has 1 unspecified atom stereocenters. The molecule has 0 N–H and O–H groups in total. The first-order valence-electron chi connectivity index (χ1n) is 7.50. The summed E-state index contributed by atoms with van der Waals surface area (Å²) in [6, 6.07) is 18.8. The number of carbonyl (C=O) groups is 1. The summed E-state index contributed by atoms with van der Waals surface area (Å²) in [5.74, 6) is -0.246. The zero-order valence-corrected chi connectivity index (χ0v) is 12.1. The van der Waals surface area contributed by atoms with Crippen molar-refractivity contribution in [3.05, 3.63) is 60.2 Å². The maximum absolute atomic E-state index is 11.6. The van der Waals surface area contributed by atoms with Crippen LogP contribution in [0.25, 0.3) is 21.5 Å². The SMILES string of the molecule is O=C1OCCC1OCc1c2ccccc2cc2ccccc12. The van der Waals surface area contributed by atoms with E-state index < -0.39 is 6.10 Å². The molecule has 1 aliphatic rings. The molecule has 1 aliphatic heterocycles. The van der Waals surface area contributed by atoms with Crippen LogP contribution in [0.4, 0.5) is 0 Å². The lowest BCUT2D eigenvalue weighted by Gasteiger charge is -2.13. The molecule has 1 heterocycles. The zero-order valence-electron chi connectivity index (χ0n) is 12.1. The highest BCUT2D eigenvalue weighted by Gasteiger charge is 2.27. The number of hydrogen-bond acceptors (Lipinski definition) is 3. The Labute approximate surface area is 128 Å². The van der Waals surface area contributed by atoms with Crippen LogP contribution in [0.1, 0.15) is 12.0 Å². The second-order valence-electron chi connectivity index (χ2n) is 5.55. The largest absolute Gasteiger partial charge is 0.464 e. The molecule has 1 atom stereocenters. The Morgan fingerprint density at radius 1 is 1.00 bits per heavy atom. The van der Waals surface area contributed by atoms with Gasteiger partial charge < -0.3 is 9.47 Å². The molecule has 22 heavy (non-hydrogen) atoms. The van der Waals surface area contributed by atoms with Crippen LogP contribution < -0.4 is 0 Å². The van der Waals surface area contributed by atoms with Gasteiger partial charge in [0.15, 0.2) is 6.10 Å². The van der Waals surface area contributed by atoms with Crippen molar-refractivity contribution in [1.82, 2.24) is 0 Å². The Balaban J connectivity index is 1.80. The van der Waals surface area contributed by atoms with Gasteiger partial charge in [-0.2, -0.15) is 0 Å². The van der Waals surface area contributed by atoms with Crippen LogP contribution in [0.15, 0.2) is 54.6 Å². The standard InChI is InChI=1S/C19H16O3/c20-19-18(9-10-21-19)22-12-17-15-7-3-1-5-13(15)11-14-6-2-4-8-16(14)17/h1-8,11,18H,9-10,12H2. The van der Waals surface area contributed by atoms with Gasteiger partial charge in [0.05, 0.1) is 13.2 Å². The lowest BCUT2D eigenvalue weighted by Crippen LogP contribution is -2.18. The smallest absolute Gasteiger partial charge is 0.335 e. The summed E-state index contributed by atoms with van der Waals surface area (Å²) in [6.07, 6.45) is 0.208. The number of fused-ring (bicyclic) bond motifs is 2. The number of hydrogen-bond donors (Lipinski definition) is 0. The van der Waals surface area contributed by atoms with E-state index in [1.807, 2.05) is 24.3 Å². The second kappa shape index (κ2) is 5.43. The fourth-order valence-corrected chi connectivity index (χ4v) is 3.08. The quantitative estimate of drug-likeness (QED) is 0.544. The number of cyclic esters (lactones) is 1. The third kappa shape index (κ3) is 2.24. The first kappa shape index (κ1) is 13.3. The fraction of sp³-hybridized carbons (Fsp3) is 0.211. The van der Waals surface area contributed by atoms with Gasteiger partial charge in [-0.3, -0.25) is 0 Å². The molecular formula is C19H16O3. The maximum Gasteiger partial charge on any atom is 0.335 e. The van der Waals surface area contributed by atoms with Gasteiger partial charge >= 0.3 is 5.97 Å². The number of carbonyl (C=O) groups excluding carboxylic acids is 1. The molecule has 4 rings (SSSR count). The number of esters is 1. The summed E-state index contributed by atoms with van der Waals surface area (Å²) < 4.78 is 10.8. The first-order valence-corrected chi connectivity index (χ1v) is 7.50. The van der Waals surface area contributed by atoms with Crippen molar-refractivity contribution in [2.75, 3.05) is 6.61 Å². The molecule has 3 heteroatoms. The minimum atomic E-state index is -0.433. The van der Waals surface area contributed by atoms with Gasteiger partial charge in [0.1, 0.15) is 0 Å². The molecular weight excluding hydrogens is 276 g/mol. The Kier molecular flexibility index (Phi) is 3.28. The van der Waals surface area contributed by atoms with Crippen LogP contribution in [-0.4, -0.2) is 18.7 Å². The molecule has 0 aliphatic carbocycles. The van der Waals surface area contributed by atoms with Crippen molar-refractivity contribution in [3.63, 3.8) is 0 Å². The molecule has 0 radical (unpaired) electrons. The van der Waals surface area contributed by atoms with Crippen LogP contribution in [0, 0.1) is 0 Å². The Morgan fingerprint density at radius 3 is 2.23 bits per heavy atom. The lowest BCUT2D eigenvalue weighted by molar-refractivity contribution is -0.147. The molecule has 3 aromatic carbocycles. The summed E-state index contributed by atoms with van der Waals surface area (Å²) in [7, 11) is 0. The van der Waals surface area contributed by atoms with Gasteiger partial charge in [0.2, 0.25) is 0 Å². The first-order chi connectivity index (χ1) is 10.8. The predicted molar refractivity (Wildman–Crippen MR) is 85.6 cm³/mol. The molecule has 3 aromatic rings. The Bertz CT molecular complexity index is 800. The summed E-state index contributed by atoms with van der Waals surface area (Å²) in [5, 5.41) is 4.72. The van der Waals surface area contributed by atoms with Crippen LogP contribution in [-0.2, 0) is 20.9 Å². The predicted octanol–water partition coefficient (Wildman–Crippen LogP) is 3.83. The molecule has 1 fully saturated rings. The van der Waals surface area contributed by atoms with Gasteiger partial charge in [-0.1, -0.05) is 48.5 Å². The van der Waals surface area contributed by atoms with E-state index in [1.54, 1.807) is 0 Å². The summed E-state index contributed by atoms with van der Waals surface area (Å²) in [5.41, 5.74) is 1.13. The summed E-state index contributed by atoms with van der Waals surface area (Å²) >= 11 is 0. The van der Waals surface area contributed by atoms with E-state index in [9.17, 15) is 4.79 Å². The van der Waals surface area contributed by atoms with Crippen molar-refractivity contribution in [1.29, 1.82) is 0 Å². The van der Waals surface area contributed by atoms with E-state index in [2.05, 4.69) is 30.3 Å². The van der Waals surface area contributed by atoms with E-state index in [0.717, 1.165) is 5.56 Å². The van der Waals surface area contributed by atoms with Crippen molar-refractivity contribution in [3.8, 4) is 0 Å². The van der Waals surface area contributed by atoms with E-state index in [-0.39, 0.29) is 5.97 Å². The van der Waals surface area contributed by atoms with E-state index >= 15 is 0 Å². The molecule has 0 aromatic heterocycles. The van der Waals surface area contributed by atoms with E-state index in [1.165, 1.54) is 21.5 Å². The molecule has 0 amide bonds. The normalized spacial score (nSPS) is 18.0. The highest BCUT2D eigenvalue weighted by atomic mass is 16.6. The summed E-state index contributed by atoms with van der Waals surface area (Å²) in [6.45, 7) is 0.876.